The predicted molar refractivity (Wildman–Crippen MR) is 90.9 cm³/mol. The number of piperidine rings is 1. The second kappa shape index (κ2) is 7.81. The van der Waals surface area contributed by atoms with E-state index >= 15 is 0 Å². The van der Waals surface area contributed by atoms with E-state index in [2.05, 4.69) is 14.9 Å². The third-order valence-electron chi connectivity index (χ3n) is 4.20. The summed E-state index contributed by atoms with van der Waals surface area (Å²) >= 11 is 1.55. The molecular weight excluding hydrogens is 327 g/mol. The fourth-order valence-corrected chi connectivity index (χ4v) is 4.21. The largest absolute Gasteiger partial charge is 0.369 e. The molecule has 1 saturated heterocycles. The molecule has 0 spiro atoms. The van der Waals surface area contributed by atoms with Crippen LogP contribution in [-0.2, 0) is 24.2 Å². The van der Waals surface area contributed by atoms with Crippen molar-refractivity contribution in [3.05, 3.63) is 45.9 Å². The van der Waals surface area contributed by atoms with E-state index in [-0.39, 0.29) is 18.1 Å². The van der Waals surface area contributed by atoms with E-state index in [9.17, 15) is 9.18 Å². The van der Waals surface area contributed by atoms with Crippen LogP contribution in [0, 0.1) is 11.7 Å². The Morgan fingerprint density at radius 1 is 1.42 bits per heavy atom. The first-order valence-electron chi connectivity index (χ1n) is 8.12. The van der Waals surface area contributed by atoms with E-state index in [0.717, 1.165) is 54.3 Å². The molecule has 7 heteroatoms. The van der Waals surface area contributed by atoms with E-state index in [1.807, 2.05) is 6.20 Å². The van der Waals surface area contributed by atoms with E-state index in [0.29, 0.717) is 5.92 Å². The van der Waals surface area contributed by atoms with Crippen molar-refractivity contribution in [3.63, 3.8) is 0 Å². The number of nitrogens with zero attached hydrogens (tertiary/aromatic N) is 3. The number of nitrogens with two attached hydrogens (primary N) is 1. The molecule has 0 aromatic carbocycles. The topological polar surface area (TPSA) is 72.1 Å². The van der Waals surface area contributed by atoms with E-state index < -0.39 is 0 Å². The smallest absolute Gasteiger partial charge is 0.224 e. The summed E-state index contributed by atoms with van der Waals surface area (Å²) in [5.41, 5.74) is 6.17. The van der Waals surface area contributed by atoms with Gasteiger partial charge in [-0.15, -0.1) is 11.3 Å². The van der Waals surface area contributed by atoms with Crippen LogP contribution in [0.15, 0.2) is 24.7 Å². The van der Waals surface area contributed by atoms with Crippen LogP contribution >= 0.6 is 11.3 Å². The first-order chi connectivity index (χ1) is 11.6. The van der Waals surface area contributed by atoms with Crippen molar-refractivity contribution in [2.45, 2.75) is 32.2 Å². The standard InChI is InChI=1S/C17H21FN4OS/c18-14-5-13(7-20-8-14)4-12-2-1-3-22(10-12)11-15-9-21-17(24-15)6-16(19)23/h5,7-9,12H,1-4,6,10-11H2,(H2,19,23). The molecule has 3 heterocycles. The number of amides is 1. The van der Waals surface area contributed by atoms with Gasteiger partial charge in [-0.3, -0.25) is 14.7 Å². The van der Waals surface area contributed by atoms with Gasteiger partial charge in [0.25, 0.3) is 0 Å². The summed E-state index contributed by atoms with van der Waals surface area (Å²) in [6.45, 7) is 2.88. The lowest BCUT2D eigenvalue weighted by Gasteiger charge is -2.32. The van der Waals surface area contributed by atoms with Gasteiger partial charge in [0.1, 0.15) is 10.8 Å². The fourth-order valence-electron chi connectivity index (χ4n) is 3.23. The van der Waals surface area contributed by atoms with Crippen LogP contribution in [0.5, 0.6) is 0 Å². The summed E-state index contributed by atoms with van der Waals surface area (Å²) in [6.07, 6.45) is 8.19. The van der Waals surface area contributed by atoms with Crippen molar-refractivity contribution in [2.75, 3.05) is 13.1 Å². The Bertz CT molecular complexity index is 705. The molecule has 1 aliphatic heterocycles. The molecular formula is C17H21FN4OS. The summed E-state index contributed by atoms with van der Waals surface area (Å²) < 4.78 is 13.3. The molecule has 1 aliphatic rings. The van der Waals surface area contributed by atoms with Crippen LogP contribution in [-0.4, -0.2) is 33.9 Å². The SMILES string of the molecule is NC(=O)Cc1ncc(CN2CCCC(Cc3cncc(F)c3)C2)s1. The highest BCUT2D eigenvalue weighted by molar-refractivity contribution is 7.11. The number of thiazole rings is 1. The summed E-state index contributed by atoms with van der Waals surface area (Å²) in [5.74, 6) is -0.107. The molecule has 1 fully saturated rings. The number of hydrogen-bond acceptors (Lipinski definition) is 5. The van der Waals surface area contributed by atoms with Gasteiger partial charge in [-0.2, -0.15) is 0 Å². The van der Waals surface area contributed by atoms with Crippen molar-refractivity contribution in [3.8, 4) is 0 Å². The lowest BCUT2D eigenvalue weighted by Crippen LogP contribution is -2.35. The average Bonchev–Trinajstić information content (AvgIpc) is 2.94. The highest BCUT2D eigenvalue weighted by atomic mass is 32.1. The molecule has 2 aromatic heterocycles. The monoisotopic (exact) mass is 348 g/mol. The first-order valence-corrected chi connectivity index (χ1v) is 8.94. The number of rotatable bonds is 6. The highest BCUT2D eigenvalue weighted by Gasteiger charge is 2.21. The third kappa shape index (κ3) is 4.82. The van der Waals surface area contributed by atoms with Gasteiger partial charge >= 0.3 is 0 Å². The van der Waals surface area contributed by atoms with Crippen molar-refractivity contribution < 1.29 is 9.18 Å². The average molecular weight is 348 g/mol. The van der Waals surface area contributed by atoms with Crippen LogP contribution < -0.4 is 5.73 Å². The summed E-state index contributed by atoms with van der Waals surface area (Å²) in [7, 11) is 0. The van der Waals surface area contributed by atoms with Gasteiger partial charge in [-0.1, -0.05) is 0 Å². The predicted octanol–water partition coefficient (Wildman–Crippen LogP) is 2.16. The zero-order valence-corrected chi connectivity index (χ0v) is 14.3. The lowest BCUT2D eigenvalue weighted by molar-refractivity contribution is -0.117. The number of primary amides is 1. The van der Waals surface area contributed by atoms with E-state index in [1.165, 1.54) is 6.20 Å². The van der Waals surface area contributed by atoms with E-state index in [1.54, 1.807) is 23.6 Å². The number of pyridine rings is 1. The van der Waals surface area contributed by atoms with Gasteiger partial charge in [0.15, 0.2) is 0 Å². The Balaban J connectivity index is 1.55. The molecule has 128 valence electrons. The minimum Gasteiger partial charge on any atom is -0.369 e. The molecule has 0 saturated carbocycles. The highest BCUT2D eigenvalue weighted by Crippen LogP contribution is 2.24. The molecule has 1 unspecified atom stereocenters. The normalized spacial score (nSPS) is 18.6. The molecule has 0 bridgehead atoms. The minimum atomic E-state index is -0.349. The van der Waals surface area contributed by atoms with Gasteiger partial charge in [0.2, 0.25) is 5.91 Å². The molecule has 5 nitrogen and oxygen atoms in total. The quantitative estimate of drug-likeness (QED) is 0.868. The Morgan fingerprint density at radius 3 is 3.08 bits per heavy atom. The minimum absolute atomic E-state index is 0.208. The second-order valence-electron chi connectivity index (χ2n) is 6.32. The number of hydrogen-bond donors (Lipinski definition) is 1. The zero-order chi connectivity index (χ0) is 16.9. The van der Waals surface area contributed by atoms with Crippen molar-refractivity contribution in [1.29, 1.82) is 0 Å². The maximum Gasteiger partial charge on any atom is 0.224 e. The molecule has 1 atom stereocenters. The van der Waals surface area contributed by atoms with Gasteiger partial charge in [0, 0.05) is 30.4 Å². The van der Waals surface area contributed by atoms with Crippen LogP contribution in [0.2, 0.25) is 0 Å². The number of carbonyl (C=O) groups excluding carboxylic acids is 1. The molecule has 2 aromatic rings. The van der Waals surface area contributed by atoms with Gasteiger partial charge in [-0.25, -0.2) is 9.37 Å². The van der Waals surface area contributed by atoms with Crippen molar-refractivity contribution in [1.82, 2.24) is 14.9 Å². The number of likely N-dealkylation sites (tertiary alicyclic amines) is 1. The van der Waals surface area contributed by atoms with Crippen LogP contribution in [0.4, 0.5) is 4.39 Å². The maximum atomic E-state index is 13.3. The lowest BCUT2D eigenvalue weighted by atomic mass is 9.92. The Labute approximate surface area is 144 Å². The van der Waals surface area contributed by atoms with Gasteiger partial charge in [-0.05, 0) is 43.4 Å². The Hall–Kier alpha value is -1.86. The van der Waals surface area contributed by atoms with Gasteiger partial charge in [0.05, 0.1) is 12.6 Å². The van der Waals surface area contributed by atoms with E-state index in [4.69, 9.17) is 5.73 Å². The maximum absolute atomic E-state index is 13.3. The van der Waals surface area contributed by atoms with Crippen molar-refractivity contribution in [2.24, 2.45) is 11.7 Å². The molecule has 2 N–H and O–H groups in total. The first kappa shape index (κ1) is 17.0. The number of carbonyl (C=O) groups is 1. The van der Waals surface area contributed by atoms with Gasteiger partial charge < -0.3 is 5.73 Å². The Morgan fingerprint density at radius 2 is 2.29 bits per heavy atom. The fraction of sp³-hybridized carbons (Fsp3) is 0.471. The molecule has 24 heavy (non-hydrogen) atoms. The van der Waals surface area contributed by atoms with Crippen LogP contribution in [0.3, 0.4) is 0 Å². The molecule has 0 radical (unpaired) electrons. The molecule has 3 rings (SSSR count). The zero-order valence-electron chi connectivity index (χ0n) is 13.4. The third-order valence-corrected chi connectivity index (χ3v) is 5.18. The van der Waals surface area contributed by atoms with Crippen LogP contribution in [0.25, 0.3) is 0 Å². The number of aromatic nitrogens is 2. The molecule has 1 amide bonds. The summed E-state index contributed by atoms with van der Waals surface area (Å²) in [4.78, 5) is 22.7. The molecule has 0 aliphatic carbocycles. The second-order valence-corrected chi connectivity index (χ2v) is 7.52. The van der Waals surface area contributed by atoms with Crippen LogP contribution in [0.1, 0.15) is 28.3 Å². The summed E-state index contributed by atoms with van der Waals surface area (Å²) in [5, 5.41) is 0.775. The summed E-state index contributed by atoms with van der Waals surface area (Å²) in [6, 6.07) is 1.57. The Kier molecular flexibility index (Phi) is 5.52. The number of halogens is 1. The van der Waals surface area contributed by atoms with Crippen molar-refractivity contribution >= 4 is 17.2 Å².